The summed E-state index contributed by atoms with van der Waals surface area (Å²) in [5, 5.41) is 3.66. The molecule has 0 heterocycles. The van der Waals surface area contributed by atoms with Gasteiger partial charge in [-0.1, -0.05) is 6.92 Å². The number of alkyl halides is 1. The Morgan fingerprint density at radius 1 is 1.14 bits per heavy atom. The summed E-state index contributed by atoms with van der Waals surface area (Å²) >= 11 is 6.18. The van der Waals surface area contributed by atoms with Gasteiger partial charge in [-0.25, -0.2) is 0 Å². The Kier molecular flexibility index (Phi) is 3.33. The molecule has 118 valence electrons. The highest BCUT2D eigenvalue weighted by atomic mass is 35.5. The molecule has 2 nitrogen and oxygen atoms in total. The number of hydrogen-bond donors (Lipinski definition) is 1. The lowest BCUT2D eigenvalue weighted by atomic mass is 9.44. The molecule has 0 radical (unpaired) electrons. The summed E-state index contributed by atoms with van der Waals surface area (Å²) in [5.74, 6) is 2.63. The van der Waals surface area contributed by atoms with Crippen molar-refractivity contribution in [3.05, 3.63) is 0 Å². The Morgan fingerprint density at radius 3 is 2.43 bits per heavy atom. The van der Waals surface area contributed by atoms with Crippen LogP contribution in [0, 0.1) is 28.6 Å². The summed E-state index contributed by atoms with van der Waals surface area (Å²) in [6.07, 6.45) is 11.0. The Labute approximate surface area is 133 Å². The fraction of sp³-hybridized carbons (Fsp3) is 0.944. The number of amides is 1. The minimum absolute atomic E-state index is 0.0161. The summed E-state index contributed by atoms with van der Waals surface area (Å²) < 4.78 is 0. The Morgan fingerprint density at radius 2 is 1.86 bits per heavy atom. The summed E-state index contributed by atoms with van der Waals surface area (Å²) in [6.45, 7) is 3.29. The number of rotatable bonds is 3. The third-order valence-corrected chi connectivity index (χ3v) is 7.26. The number of nitrogens with one attached hydrogen (secondary N) is 1. The van der Waals surface area contributed by atoms with Gasteiger partial charge < -0.3 is 5.32 Å². The van der Waals surface area contributed by atoms with Crippen LogP contribution in [-0.4, -0.2) is 17.8 Å². The monoisotopic (exact) mass is 309 g/mol. The highest BCUT2D eigenvalue weighted by Crippen LogP contribution is 2.65. The van der Waals surface area contributed by atoms with Crippen molar-refractivity contribution in [1.29, 1.82) is 0 Å². The van der Waals surface area contributed by atoms with Gasteiger partial charge in [0.05, 0.1) is 5.41 Å². The van der Waals surface area contributed by atoms with Gasteiger partial charge in [0.2, 0.25) is 5.91 Å². The Balaban J connectivity index is 1.42. The topological polar surface area (TPSA) is 29.1 Å². The SMILES string of the molecule is CC12CC3CC(C1)CC(C(=O)NCC1CCC(Cl)C1)(C3)C2. The number of carbonyl (C=O) groups excluding carboxylic acids is 1. The molecule has 5 rings (SSSR count). The molecule has 5 aliphatic rings. The smallest absolute Gasteiger partial charge is 0.226 e. The fourth-order valence-electron chi connectivity index (χ4n) is 6.61. The van der Waals surface area contributed by atoms with Crippen LogP contribution in [0.4, 0.5) is 0 Å². The van der Waals surface area contributed by atoms with Crippen LogP contribution in [0.1, 0.15) is 64.7 Å². The van der Waals surface area contributed by atoms with E-state index in [1.807, 2.05) is 0 Å². The first kappa shape index (κ1) is 14.4. The van der Waals surface area contributed by atoms with Crippen LogP contribution in [-0.2, 0) is 4.79 Å². The second kappa shape index (κ2) is 4.88. The standard InChI is InChI=1S/C18H28ClNO/c1-17-6-13-4-14(7-17)9-18(8-13,11-17)16(21)20-10-12-2-3-15(19)5-12/h12-15H,2-11H2,1H3,(H,20,21). The predicted octanol–water partition coefficient (Wildman–Crippen LogP) is 4.12. The van der Waals surface area contributed by atoms with Gasteiger partial charge in [-0.15, -0.1) is 11.6 Å². The molecule has 21 heavy (non-hydrogen) atoms. The zero-order valence-corrected chi connectivity index (χ0v) is 13.9. The van der Waals surface area contributed by atoms with E-state index in [-0.39, 0.29) is 5.41 Å². The van der Waals surface area contributed by atoms with Crippen LogP contribution in [0.2, 0.25) is 0 Å². The first-order chi connectivity index (χ1) is 9.96. The van der Waals surface area contributed by atoms with Gasteiger partial charge in [-0.05, 0) is 81.0 Å². The third kappa shape index (κ3) is 2.52. The van der Waals surface area contributed by atoms with Crippen LogP contribution >= 0.6 is 11.6 Å². The maximum absolute atomic E-state index is 12.9. The van der Waals surface area contributed by atoms with Crippen LogP contribution in [0.25, 0.3) is 0 Å². The largest absolute Gasteiger partial charge is 0.355 e. The first-order valence-corrected chi connectivity index (χ1v) is 9.32. The van der Waals surface area contributed by atoms with Gasteiger partial charge in [0.1, 0.15) is 0 Å². The number of carbonyl (C=O) groups is 1. The second-order valence-electron chi connectivity index (χ2n) is 9.04. The zero-order valence-electron chi connectivity index (χ0n) is 13.2. The second-order valence-corrected chi connectivity index (χ2v) is 9.66. The molecule has 5 fully saturated rings. The molecule has 0 aliphatic heterocycles. The molecule has 4 unspecified atom stereocenters. The molecule has 4 atom stereocenters. The normalized spacial score (nSPS) is 51.3. The molecule has 1 N–H and O–H groups in total. The molecule has 0 aromatic heterocycles. The van der Waals surface area contributed by atoms with E-state index in [0.717, 1.165) is 50.5 Å². The quantitative estimate of drug-likeness (QED) is 0.781. The number of halogens is 1. The lowest BCUT2D eigenvalue weighted by molar-refractivity contribution is -0.155. The predicted molar refractivity (Wildman–Crippen MR) is 85.2 cm³/mol. The maximum Gasteiger partial charge on any atom is 0.226 e. The highest BCUT2D eigenvalue weighted by Gasteiger charge is 2.58. The van der Waals surface area contributed by atoms with E-state index in [1.165, 1.54) is 25.7 Å². The average Bonchev–Trinajstić information content (AvgIpc) is 2.79. The van der Waals surface area contributed by atoms with E-state index in [1.54, 1.807) is 0 Å². The molecular weight excluding hydrogens is 282 g/mol. The van der Waals surface area contributed by atoms with E-state index >= 15 is 0 Å². The summed E-state index contributed by atoms with van der Waals surface area (Å²) in [5.41, 5.74) is 0.438. The minimum Gasteiger partial charge on any atom is -0.355 e. The molecule has 5 aliphatic carbocycles. The van der Waals surface area contributed by atoms with Gasteiger partial charge in [0.15, 0.2) is 0 Å². The Hall–Kier alpha value is -0.240. The lowest BCUT2D eigenvalue weighted by Gasteiger charge is -2.60. The highest BCUT2D eigenvalue weighted by molar-refractivity contribution is 6.20. The van der Waals surface area contributed by atoms with E-state index in [0.29, 0.717) is 22.6 Å². The van der Waals surface area contributed by atoms with E-state index < -0.39 is 0 Å². The molecule has 1 amide bonds. The number of hydrogen-bond acceptors (Lipinski definition) is 1. The minimum atomic E-state index is -0.0161. The van der Waals surface area contributed by atoms with Crippen molar-refractivity contribution >= 4 is 17.5 Å². The van der Waals surface area contributed by atoms with Crippen molar-refractivity contribution in [2.24, 2.45) is 28.6 Å². The molecule has 0 aromatic rings. The van der Waals surface area contributed by atoms with Gasteiger partial charge in [0.25, 0.3) is 0 Å². The van der Waals surface area contributed by atoms with Crippen LogP contribution in [0.3, 0.4) is 0 Å². The maximum atomic E-state index is 12.9. The van der Waals surface area contributed by atoms with Gasteiger partial charge in [-0.2, -0.15) is 0 Å². The van der Waals surface area contributed by atoms with Gasteiger partial charge in [-0.3, -0.25) is 4.79 Å². The Bertz CT molecular complexity index is 434. The summed E-state index contributed by atoms with van der Waals surface area (Å²) in [6, 6.07) is 0. The van der Waals surface area contributed by atoms with Crippen molar-refractivity contribution in [3.8, 4) is 0 Å². The summed E-state index contributed by atoms with van der Waals surface area (Å²) in [4.78, 5) is 12.9. The van der Waals surface area contributed by atoms with Crippen LogP contribution in [0.5, 0.6) is 0 Å². The van der Waals surface area contributed by atoms with E-state index in [4.69, 9.17) is 11.6 Å². The summed E-state index contributed by atoms with van der Waals surface area (Å²) in [7, 11) is 0. The lowest BCUT2D eigenvalue weighted by Crippen LogP contribution is -2.57. The van der Waals surface area contributed by atoms with Gasteiger partial charge >= 0.3 is 0 Å². The fourth-order valence-corrected chi connectivity index (χ4v) is 6.99. The third-order valence-electron chi connectivity index (χ3n) is 6.86. The van der Waals surface area contributed by atoms with E-state index in [2.05, 4.69) is 12.2 Å². The molecular formula is C18H28ClNO. The van der Waals surface area contributed by atoms with Crippen molar-refractivity contribution < 1.29 is 4.79 Å². The first-order valence-electron chi connectivity index (χ1n) is 8.89. The van der Waals surface area contributed by atoms with Crippen molar-refractivity contribution in [3.63, 3.8) is 0 Å². The van der Waals surface area contributed by atoms with E-state index in [9.17, 15) is 4.79 Å². The van der Waals surface area contributed by atoms with Crippen molar-refractivity contribution in [2.45, 2.75) is 70.1 Å². The zero-order chi connectivity index (χ0) is 14.7. The molecule has 4 bridgehead atoms. The molecule has 0 aromatic carbocycles. The molecule has 0 saturated heterocycles. The average molecular weight is 310 g/mol. The van der Waals surface area contributed by atoms with Gasteiger partial charge in [0, 0.05) is 11.9 Å². The van der Waals surface area contributed by atoms with Crippen LogP contribution in [0.15, 0.2) is 0 Å². The van der Waals surface area contributed by atoms with Crippen molar-refractivity contribution in [1.82, 2.24) is 5.32 Å². The molecule has 5 saturated carbocycles. The molecule has 3 heteroatoms. The molecule has 0 spiro atoms. The van der Waals surface area contributed by atoms with Crippen LogP contribution < -0.4 is 5.32 Å². The van der Waals surface area contributed by atoms with Crippen molar-refractivity contribution in [2.75, 3.05) is 6.54 Å².